The quantitative estimate of drug-likeness (QED) is 0.821. The molecule has 0 amide bonds. The minimum Gasteiger partial charge on any atom is -0.311 e. The molecular formula is C15H26N4. The maximum Gasteiger partial charge on any atom is 0.150 e. The lowest BCUT2D eigenvalue weighted by molar-refractivity contribution is 0.101. The van der Waals surface area contributed by atoms with Crippen molar-refractivity contribution in [3.05, 3.63) is 11.6 Å². The van der Waals surface area contributed by atoms with E-state index in [4.69, 9.17) is 0 Å². The SMILES string of the molecule is CC(C)N1CCCCC1c1nnc2n1C(C)CCC2. The summed E-state index contributed by atoms with van der Waals surface area (Å²) in [6, 6.07) is 1.65. The Kier molecular flexibility index (Phi) is 3.61. The third kappa shape index (κ3) is 2.31. The van der Waals surface area contributed by atoms with Crippen LogP contribution in [0.25, 0.3) is 0 Å². The minimum atomic E-state index is 0.482. The number of fused-ring (bicyclic) bond motifs is 1. The van der Waals surface area contributed by atoms with Crippen molar-refractivity contribution in [2.24, 2.45) is 0 Å². The van der Waals surface area contributed by atoms with Crippen LogP contribution in [0.15, 0.2) is 0 Å². The molecule has 19 heavy (non-hydrogen) atoms. The molecule has 106 valence electrons. The smallest absolute Gasteiger partial charge is 0.150 e. The third-order valence-corrected chi connectivity index (χ3v) is 4.76. The van der Waals surface area contributed by atoms with E-state index >= 15 is 0 Å². The van der Waals surface area contributed by atoms with Crippen LogP contribution in [-0.2, 0) is 6.42 Å². The Morgan fingerprint density at radius 1 is 1.11 bits per heavy atom. The highest BCUT2D eigenvalue weighted by molar-refractivity contribution is 5.07. The van der Waals surface area contributed by atoms with Crippen molar-refractivity contribution in [3.8, 4) is 0 Å². The molecule has 2 atom stereocenters. The molecule has 0 saturated carbocycles. The summed E-state index contributed by atoms with van der Waals surface area (Å²) in [7, 11) is 0. The van der Waals surface area contributed by atoms with Gasteiger partial charge in [-0.15, -0.1) is 10.2 Å². The van der Waals surface area contributed by atoms with Gasteiger partial charge in [0.1, 0.15) is 5.82 Å². The Balaban J connectivity index is 1.94. The molecule has 1 aromatic rings. The van der Waals surface area contributed by atoms with E-state index in [1.54, 1.807) is 0 Å². The van der Waals surface area contributed by atoms with Crippen molar-refractivity contribution in [2.45, 2.75) is 77.4 Å². The average molecular weight is 262 g/mol. The summed E-state index contributed by atoms with van der Waals surface area (Å²) < 4.78 is 2.44. The molecule has 0 radical (unpaired) electrons. The molecule has 1 aromatic heterocycles. The van der Waals surface area contributed by atoms with Gasteiger partial charge in [0.05, 0.1) is 6.04 Å². The zero-order valence-corrected chi connectivity index (χ0v) is 12.5. The number of piperidine rings is 1. The summed E-state index contributed by atoms with van der Waals surface area (Å²) >= 11 is 0. The fraction of sp³-hybridized carbons (Fsp3) is 0.867. The van der Waals surface area contributed by atoms with Gasteiger partial charge in [-0.25, -0.2) is 0 Å². The number of likely N-dealkylation sites (tertiary alicyclic amines) is 1. The van der Waals surface area contributed by atoms with E-state index in [1.165, 1.54) is 50.3 Å². The Bertz CT molecular complexity index is 437. The van der Waals surface area contributed by atoms with Gasteiger partial charge in [-0.3, -0.25) is 4.90 Å². The topological polar surface area (TPSA) is 34.0 Å². The van der Waals surface area contributed by atoms with Crippen LogP contribution in [0, 0.1) is 0 Å². The van der Waals surface area contributed by atoms with E-state index < -0.39 is 0 Å². The average Bonchev–Trinajstić information content (AvgIpc) is 2.84. The molecule has 2 aliphatic heterocycles. The molecule has 0 aliphatic carbocycles. The summed E-state index contributed by atoms with van der Waals surface area (Å²) in [4.78, 5) is 2.61. The summed E-state index contributed by atoms with van der Waals surface area (Å²) in [5.41, 5.74) is 0. The van der Waals surface area contributed by atoms with Gasteiger partial charge in [0, 0.05) is 18.5 Å². The minimum absolute atomic E-state index is 0.482. The van der Waals surface area contributed by atoms with Crippen LogP contribution in [-0.4, -0.2) is 32.3 Å². The normalized spacial score (nSPS) is 28.6. The first-order valence-electron chi connectivity index (χ1n) is 7.88. The number of aryl methyl sites for hydroxylation is 1. The molecule has 2 aliphatic rings. The van der Waals surface area contributed by atoms with Crippen LogP contribution in [0.2, 0.25) is 0 Å². The van der Waals surface area contributed by atoms with E-state index in [-0.39, 0.29) is 0 Å². The first kappa shape index (κ1) is 13.1. The Hall–Kier alpha value is -0.900. The Labute approximate surface area is 116 Å². The van der Waals surface area contributed by atoms with E-state index in [2.05, 4.69) is 40.4 Å². The van der Waals surface area contributed by atoms with E-state index in [9.17, 15) is 0 Å². The number of hydrogen-bond donors (Lipinski definition) is 0. The second kappa shape index (κ2) is 5.23. The molecule has 4 heteroatoms. The van der Waals surface area contributed by atoms with Gasteiger partial charge in [-0.1, -0.05) is 6.42 Å². The zero-order chi connectivity index (χ0) is 13.4. The van der Waals surface area contributed by atoms with Crippen molar-refractivity contribution in [3.63, 3.8) is 0 Å². The predicted molar refractivity (Wildman–Crippen MR) is 76.1 cm³/mol. The first-order valence-corrected chi connectivity index (χ1v) is 7.88. The van der Waals surface area contributed by atoms with Crippen LogP contribution >= 0.6 is 0 Å². The van der Waals surface area contributed by atoms with Gasteiger partial charge in [0.15, 0.2) is 5.82 Å². The first-order chi connectivity index (χ1) is 9.18. The van der Waals surface area contributed by atoms with E-state index in [1.807, 2.05) is 0 Å². The maximum absolute atomic E-state index is 4.58. The van der Waals surface area contributed by atoms with Gasteiger partial charge in [0.25, 0.3) is 0 Å². The highest BCUT2D eigenvalue weighted by Crippen LogP contribution is 2.35. The number of rotatable bonds is 2. The van der Waals surface area contributed by atoms with Crippen molar-refractivity contribution in [2.75, 3.05) is 6.54 Å². The van der Waals surface area contributed by atoms with Gasteiger partial charge in [0.2, 0.25) is 0 Å². The molecule has 3 heterocycles. The molecular weight excluding hydrogens is 236 g/mol. The molecule has 4 nitrogen and oxygen atoms in total. The zero-order valence-electron chi connectivity index (χ0n) is 12.5. The molecule has 3 rings (SSSR count). The van der Waals surface area contributed by atoms with Crippen LogP contribution in [0.5, 0.6) is 0 Å². The maximum atomic E-state index is 4.58. The van der Waals surface area contributed by atoms with Crippen LogP contribution < -0.4 is 0 Å². The Morgan fingerprint density at radius 3 is 2.74 bits per heavy atom. The van der Waals surface area contributed by atoms with E-state index in [0.29, 0.717) is 18.1 Å². The highest BCUT2D eigenvalue weighted by Gasteiger charge is 2.32. The van der Waals surface area contributed by atoms with Crippen molar-refractivity contribution in [1.82, 2.24) is 19.7 Å². The standard InChI is InChI=1S/C15H26N4/c1-11(2)18-10-5-4-8-13(18)15-17-16-14-9-6-7-12(3)19(14)15/h11-13H,4-10H2,1-3H3. The summed E-state index contributed by atoms with van der Waals surface area (Å²) in [6.07, 6.45) is 7.52. The van der Waals surface area contributed by atoms with Crippen molar-refractivity contribution < 1.29 is 0 Å². The summed E-state index contributed by atoms with van der Waals surface area (Å²) in [5.74, 6) is 2.44. The fourth-order valence-electron chi connectivity index (χ4n) is 3.75. The molecule has 0 aromatic carbocycles. The highest BCUT2D eigenvalue weighted by atomic mass is 15.3. The van der Waals surface area contributed by atoms with Crippen LogP contribution in [0.4, 0.5) is 0 Å². The van der Waals surface area contributed by atoms with Gasteiger partial charge in [-0.05, 0) is 53.0 Å². The molecule has 2 unspecified atom stereocenters. The van der Waals surface area contributed by atoms with Gasteiger partial charge in [-0.2, -0.15) is 0 Å². The van der Waals surface area contributed by atoms with Crippen molar-refractivity contribution >= 4 is 0 Å². The molecule has 1 saturated heterocycles. The van der Waals surface area contributed by atoms with Gasteiger partial charge >= 0.3 is 0 Å². The second-order valence-electron chi connectivity index (χ2n) is 6.43. The number of nitrogens with zero attached hydrogens (tertiary/aromatic N) is 4. The summed E-state index contributed by atoms with van der Waals surface area (Å²) in [5, 5.41) is 9.04. The largest absolute Gasteiger partial charge is 0.311 e. The van der Waals surface area contributed by atoms with E-state index in [0.717, 1.165) is 6.42 Å². The monoisotopic (exact) mass is 262 g/mol. The molecule has 0 spiro atoms. The predicted octanol–water partition coefficient (Wildman–Crippen LogP) is 3.11. The lowest BCUT2D eigenvalue weighted by Gasteiger charge is -2.39. The second-order valence-corrected chi connectivity index (χ2v) is 6.43. The molecule has 0 bridgehead atoms. The van der Waals surface area contributed by atoms with Gasteiger partial charge < -0.3 is 4.57 Å². The lowest BCUT2D eigenvalue weighted by Crippen LogP contribution is -2.40. The molecule has 1 fully saturated rings. The number of aromatic nitrogens is 3. The third-order valence-electron chi connectivity index (χ3n) is 4.76. The number of hydrogen-bond acceptors (Lipinski definition) is 3. The molecule has 0 N–H and O–H groups in total. The van der Waals surface area contributed by atoms with Crippen molar-refractivity contribution in [1.29, 1.82) is 0 Å². The van der Waals surface area contributed by atoms with Crippen LogP contribution in [0.1, 0.15) is 76.6 Å². The Morgan fingerprint density at radius 2 is 1.95 bits per heavy atom. The fourth-order valence-corrected chi connectivity index (χ4v) is 3.75. The summed E-state index contributed by atoms with van der Waals surface area (Å²) in [6.45, 7) is 8.13. The lowest BCUT2D eigenvalue weighted by atomic mass is 9.98. The van der Waals surface area contributed by atoms with Crippen LogP contribution in [0.3, 0.4) is 0 Å².